The predicted octanol–water partition coefficient (Wildman–Crippen LogP) is 0.600. The number of aliphatic carboxylic acids is 1. The van der Waals surface area contributed by atoms with Crippen LogP contribution >= 0.6 is 0 Å². The topological polar surface area (TPSA) is 92.9 Å². The van der Waals surface area contributed by atoms with Gasteiger partial charge in [-0.1, -0.05) is 18.2 Å². The second-order valence-corrected chi connectivity index (χ2v) is 4.75. The summed E-state index contributed by atoms with van der Waals surface area (Å²) in [5.74, 6) is -0.380. The lowest BCUT2D eigenvalue weighted by molar-refractivity contribution is -0.139. The molecule has 0 radical (unpaired) electrons. The van der Waals surface area contributed by atoms with E-state index in [-0.39, 0.29) is 18.7 Å². The zero-order chi connectivity index (χ0) is 14.5. The van der Waals surface area contributed by atoms with Crippen LogP contribution in [-0.2, 0) is 16.1 Å². The minimum Gasteiger partial charge on any atom is -0.491 e. The van der Waals surface area contributed by atoms with Gasteiger partial charge in [0.15, 0.2) is 0 Å². The number of carbonyl (C=O) groups is 2. The van der Waals surface area contributed by atoms with Crippen molar-refractivity contribution in [2.24, 2.45) is 5.73 Å². The fourth-order valence-electron chi connectivity index (χ4n) is 2.10. The molecular weight excluding hydrogens is 260 g/mol. The number of fused-ring (bicyclic) bond motifs is 1. The smallest absolute Gasteiger partial charge is 0.320 e. The van der Waals surface area contributed by atoms with Crippen molar-refractivity contribution in [2.45, 2.75) is 25.4 Å². The maximum absolute atomic E-state index is 12.1. The van der Waals surface area contributed by atoms with Crippen LogP contribution in [-0.4, -0.2) is 41.1 Å². The molecule has 1 aliphatic rings. The Morgan fingerprint density at radius 2 is 2.15 bits per heavy atom. The third kappa shape index (κ3) is 3.48. The van der Waals surface area contributed by atoms with Crippen molar-refractivity contribution in [3.63, 3.8) is 0 Å². The van der Waals surface area contributed by atoms with Crippen LogP contribution in [0.3, 0.4) is 0 Å². The normalized spacial score (nSPS) is 15.8. The molecule has 0 bridgehead atoms. The average Bonchev–Trinajstić information content (AvgIpc) is 2.66. The van der Waals surface area contributed by atoms with Gasteiger partial charge >= 0.3 is 5.97 Å². The number of carboxylic acids is 1. The number of amides is 1. The Balaban J connectivity index is 1.96. The van der Waals surface area contributed by atoms with Gasteiger partial charge in [-0.25, -0.2) is 0 Å². The number of para-hydroxylation sites is 1. The minimum absolute atomic E-state index is 0.0954. The number of nitrogens with zero attached hydrogens (tertiary/aromatic N) is 1. The Kier molecular flexibility index (Phi) is 4.57. The average molecular weight is 278 g/mol. The van der Waals surface area contributed by atoms with Crippen LogP contribution in [0.15, 0.2) is 24.3 Å². The van der Waals surface area contributed by atoms with Crippen LogP contribution in [0.5, 0.6) is 5.75 Å². The van der Waals surface area contributed by atoms with E-state index in [1.807, 2.05) is 24.3 Å². The lowest BCUT2D eigenvalue weighted by Crippen LogP contribution is -2.35. The van der Waals surface area contributed by atoms with Crippen molar-refractivity contribution in [3.05, 3.63) is 29.8 Å². The Morgan fingerprint density at radius 1 is 1.40 bits per heavy atom. The number of carboxylic acid groups (broad SMARTS) is 1. The Bertz CT molecular complexity index is 504. The van der Waals surface area contributed by atoms with E-state index in [0.29, 0.717) is 19.7 Å². The van der Waals surface area contributed by atoms with Crippen LogP contribution in [0.2, 0.25) is 0 Å². The van der Waals surface area contributed by atoms with Gasteiger partial charge in [0.1, 0.15) is 18.4 Å². The van der Waals surface area contributed by atoms with Gasteiger partial charge in [0, 0.05) is 18.5 Å². The number of hydrogen-bond donors (Lipinski definition) is 2. The SMILES string of the molecule is N[C@@H](CCC(=O)N1CCOc2ccccc2C1)C(=O)O. The number of nitrogens with two attached hydrogens (primary N) is 1. The largest absolute Gasteiger partial charge is 0.491 e. The third-order valence-electron chi connectivity index (χ3n) is 3.29. The molecule has 0 spiro atoms. The standard InChI is InChI=1S/C14H18N2O4/c15-11(14(18)19)5-6-13(17)16-7-8-20-12-4-2-1-3-10(12)9-16/h1-4,11H,5-9,15H2,(H,18,19)/t11-/m0/s1. The molecule has 0 aromatic heterocycles. The molecule has 0 saturated carbocycles. The zero-order valence-corrected chi connectivity index (χ0v) is 11.1. The Morgan fingerprint density at radius 3 is 2.90 bits per heavy atom. The van der Waals surface area contributed by atoms with E-state index in [1.165, 1.54) is 0 Å². The summed E-state index contributed by atoms with van der Waals surface area (Å²) in [5, 5.41) is 8.71. The monoisotopic (exact) mass is 278 g/mol. The first kappa shape index (κ1) is 14.3. The summed E-state index contributed by atoms with van der Waals surface area (Å²) in [6.45, 7) is 1.42. The first-order valence-corrected chi connectivity index (χ1v) is 6.55. The van der Waals surface area contributed by atoms with Gasteiger partial charge in [-0.2, -0.15) is 0 Å². The van der Waals surface area contributed by atoms with Crippen molar-refractivity contribution < 1.29 is 19.4 Å². The molecule has 2 rings (SSSR count). The molecule has 1 aliphatic heterocycles. The third-order valence-corrected chi connectivity index (χ3v) is 3.29. The molecule has 0 aliphatic carbocycles. The number of hydrogen-bond acceptors (Lipinski definition) is 4. The maximum atomic E-state index is 12.1. The Hall–Kier alpha value is -2.08. The molecule has 0 saturated heterocycles. The zero-order valence-electron chi connectivity index (χ0n) is 11.1. The van der Waals surface area contributed by atoms with Crippen LogP contribution < -0.4 is 10.5 Å². The molecule has 1 amide bonds. The highest BCUT2D eigenvalue weighted by atomic mass is 16.5. The van der Waals surface area contributed by atoms with E-state index in [1.54, 1.807) is 4.90 Å². The van der Waals surface area contributed by atoms with E-state index in [9.17, 15) is 9.59 Å². The first-order valence-electron chi connectivity index (χ1n) is 6.55. The van der Waals surface area contributed by atoms with Gasteiger partial charge < -0.3 is 20.5 Å². The second kappa shape index (κ2) is 6.38. The van der Waals surface area contributed by atoms with Crippen LogP contribution in [0, 0.1) is 0 Å². The lowest BCUT2D eigenvalue weighted by atomic mass is 10.1. The summed E-state index contributed by atoms with van der Waals surface area (Å²) in [7, 11) is 0. The van der Waals surface area contributed by atoms with Crippen molar-refractivity contribution in [1.29, 1.82) is 0 Å². The van der Waals surface area contributed by atoms with Gasteiger partial charge in [0.05, 0.1) is 6.54 Å². The quantitative estimate of drug-likeness (QED) is 0.841. The molecule has 3 N–H and O–H groups in total. The molecule has 0 unspecified atom stereocenters. The van der Waals surface area contributed by atoms with E-state index in [0.717, 1.165) is 11.3 Å². The van der Waals surface area contributed by atoms with Crippen molar-refractivity contribution in [2.75, 3.05) is 13.2 Å². The number of rotatable bonds is 4. The van der Waals surface area contributed by atoms with E-state index < -0.39 is 12.0 Å². The van der Waals surface area contributed by atoms with Crippen molar-refractivity contribution in [3.8, 4) is 5.75 Å². The maximum Gasteiger partial charge on any atom is 0.320 e. The van der Waals surface area contributed by atoms with Crippen LogP contribution in [0.1, 0.15) is 18.4 Å². The van der Waals surface area contributed by atoms with Gasteiger partial charge in [0.25, 0.3) is 0 Å². The molecule has 108 valence electrons. The van der Waals surface area contributed by atoms with E-state index in [4.69, 9.17) is 15.6 Å². The molecule has 1 aromatic carbocycles. The molecule has 20 heavy (non-hydrogen) atoms. The van der Waals surface area contributed by atoms with Crippen molar-refractivity contribution in [1.82, 2.24) is 4.90 Å². The van der Waals surface area contributed by atoms with Gasteiger partial charge in [-0.3, -0.25) is 9.59 Å². The fraction of sp³-hybridized carbons (Fsp3) is 0.429. The highest BCUT2D eigenvalue weighted by Crippen LogP contribution is 2.22. The minimum atomic E-state index is -1.08. The number of ether oxygens (including phenoxy) is 1. The van der Waals surface area contributed by atoms with Crippen LogP contribution in [0.25, 0.3) is 0 Å². The van der Waals surface area contributed by atoms with Gasteiger partial charge in [0.2, 0.25) is 5.91 Å². The van der Waals surface area contributed by atoms with E-state index >= 15 is 0 Å². The molecule has 6 heteroatoms. The number of carbonyl (C=O) groups excluding carboxylic acids is 1. The van der Waals surface area contributed by atoms with Gasteiger partial charge in [-0.05, 0) is 12.5 Å². The first-order chi connectivity index (χ1) is 9.58. The molecular formula is C14H18N2O4. The molecule has 1 heterocycles. The highest BCUT2D eigenvalue weighted by Gasteiger charge is 2.21. The summed E-state index contributed by atoms with van der Waals surface area (Å²) in [6.07, 6.45) is 0.281. The van der Waals surface area contributed by atoms with E-state index in [2.05, 4.69) is 0 Å². The number of benzene rings is 1. The summed E-state index contributed by atoms with van der Waals surface area (Å²) in [6, 6.07) is 6.60. The van der Waals surface area contributed by atoms with Crippen molar-refractivity contribution >= 4 is 11.9 Å². The lowest BCUT2D eigenvalue weighted by Gasteiger charge is -2.20. The molecule has 1 atom stereocenters. The summed E-state index contributed by atoms with van der Waals surface area (Å²) in [4.78, 5) is 24.4. The van der Waals surface area contributed by atoms with Gasteiger partial charge in [-0.15, -0.1) is 0 Å². The predicted molar refractivity (Wildman–Crippen MR) is 72.2 cm³/mol. The molecule has 6 nitrogen and oxygen atoms in total. The molecule has 0 fully saturated rings. The fourth-order valence-corrected chi connectivity index (χ4v) is 2.10. The van der Waals surface area contributed by atoms with Crippen LogP contribution in [0.4, 0.5) is 0 Å². The summed E-state index contributed by atoms with van der Waals surface area (Å²) in [5.41, 5.74) is 6.37. The Labute approximate surface area is 117 Å². The highest BCUT2D eigenvalue weighted by molar-refractivity contribution is 5.78. The summed E-state index contributed by atoms with van der Waals surface area (Å²) < 4.78 is 5.58. The summed E-state index contributed by atoms with van der Waals surface area (Å²) >= 11 is 0. The second-order valence-electron chi connectivity index (χ2n) is 4.75. The molecule has 1 aromatic rings.